The summed E-state index contributed by atoms with van der Waals surface area (Å²) in [4.78, 5) is 23.3. The van der Waals surface area contributed by atoms with Gasteiger partial charge in [-0.05, 0) is 33.1 Å². The fourth-order valence-corrected chi connectivity index (χ4v) is 1.99. The van der Waals surface area contributed by atoms with E-state index in [2.05, 4.69) is 4.74 Å². The van der Waals surface area contributed by atoms with Gasteiger partial charge in [0.25, 0.3) is 5.78 Å². The highest BCUT2D eigenvalue weighted by atomic mass is 19.4. The molecule has 1 aliphatic rings. The Balaban J connectivity index is 3.11. The molecule has 0 spiro atoms. The van der Waals surface area contributed by atoms with Crippen LogP contribution in [0, 0.1) is 5.41 Å². The van der Waals surface area contributed by atoms with Gasteiger partial charge in [-0.3, -0.25) is 9.59 Å². The molecule has 1 aliphatic carbocycles. The molecule has 0 saturated carbocycles. The molecule has 18 heavy (non-hydrogen) atoms. The standard InChI is InChI=1S/C12H15F3O3/c1-3-18-10(17)11(9(16)12(13,14)15)6-4-8(2)5-7-11/h4H,3,5-7H2,1-2H3. The molecule has 0 saturated heterocycles. The fraction of sp³-hybridized carbons (Fsp3) is 0.667. The number of allylic oxidation sites excluding steroid dienone is 2. The zero-order chi connectivity index (χ0) is 14.0. The number of ketones is 1. The molecule has 0 fully saturated rings. The molecule has 0 heterocycles. The zero-order valence-electron chi connectivity index (χ0n) is 10.3. The van der Waals surface area contributed by atoms with E-state index < -0.39 is 23.3 Å². The van der Waals surface area contributed by atoms with Crippen molar-refractivity contribution in [3.8, 4) is 0 Å². The summed E-state index contributed by atoms with van der Waals surface area (Å²) in [7, 11) is 0. The first kappa shape index (κ1) is 14.7. The van der Waals surface area contributed by atoms with Crippen molar-refractivity contribution in [3.05, 3.63) is 11.6 Å². The summed E-state index contributed by atoms with van der Waals surface area (Å²) in [6.45, 7) is 3.20. The SMILES string of the molecule is CCOC(=O)C1(C(=O)C(F)(F)F)CC=C(C)CC1. The maximum absolute atomic E-state index is 12.6. The van der Waals surface area contributed by atoms with E-state index in [1.165, 1.54) is 13.0 Å². The first-order valence-electron chi connectivity index (χ1n) is 5.68. The lowest BCUT2D eigenvalue weighted by atomic mass is 9.71. The lowest BCUT2D eigenvalue weighted by Crippen LogP contribution is -2.48. The van der Waals surface area contributed by atoms with E-state index in [0.29, 0.717) is 6.42 Å². The van der Waals surface area contributed by atoms with Crippen molar-refractivity contribution >= 4 is 11.8 Å². The molecular formula is C12H15F3O3. The molecular weight excluding hydrogens is 249 g/mol. The third-order valence-corrected chi connectivity index (χ3v) is 3.10. The molecule has 1 rings (SSSR count). The van der Waals surface area contributed by atoms with Crippen molar-refractivity contribution in [3.63, 3.8) is 0 Å². The molecule has 0 aromatic rings. The van der Waals surface area contributed by atoms with Gasteiger partial charge in [-0.15, -0.1) is 0 Å². The van der Waals surface area contributed by atoms with Gasteiger partial charge in [-0.1, -0.05) is 11.6 Å². The second-order valence-corrected chi connectivity index (χ2v) is 4.38. The third kappa shape index (κ3) is 2.73. The van der Waals surface area contributed by atoms with Gasteiger partial charge >= 0.3 is 12.1 Å². The number of carbonyl (C=O) groups is 2. The third-order valence-electron chi connectivity index (χ3n) is 3.10. The Morgan fingerprint density at radius 3 is 2.44 bits per heavy atom. The maximum atomic E-state index is 12.6. The first-order chi connectivity index (χ1) is 8.24. The Bertz CT molecular complexity index is 385. The van der Waals surface area contributed by atoms with Crippen molar-refractivity contribution in [1.82, 2.24) is 0 Å². The normalized spacial score (nSPS) is 24.4. The van der Waals surface area contributed by atoms with Gasteiger partial charge in [0.15, 0.2) is 0 Å². The van der Waals surface area contributed by atoms with Crippen LogP contribution in [0.3, 0.4) is 0 Å². The smallest absolute Gasteiger partial charge is 0.451 e. The maximum Gasteiger partial charge on any atom is 0.451 e. The van der Waals surface area contributed by atoms with Crippen LogP contribution in [0.5, 0.6) is 0 Å². The number of hydrogen-bond acceptors (Lipinski definition) is 3. The minimum absolute atomic E-state index is 0.0472. The minimum atomic E-state index is -5.02. The Labute approximate surface area is 103 Å². The second-order valence-electron chi connectivity index (χ2n) is 4.38. The summed E-state index contributed by atoms with van der Waals surface area (Å²) in [6, 6.07) is 0. The highest BCUT2D eigenvalue weighted by molar-refractivity contribution is 6.06. The van der Waals surface area contributed by atoms with Gasteiger partial charge in [0.2, 0.25) is 0 Å². The van der Waals surface area contributed by atoms with E-state index in [-0.39, 0.29) is 19.4 Å². The van der Waals surface area contributed by atoms with Crippen LogP contribution in [-0.2, 0) is 14.3 Å². The highest BCUT2D eigenvalue weighted by Gasteiger charge is 2.57. The summed E-state index contributed by atoms with van der Waals surface area (Å²) in [5.41, 5.74) is -1.21. The molecule has 6 heteroatoms. The van der Waals surface area contributed by atoms with Crippen LogP contribution in [0.2, 0.25) is 0 Å². The first-order valence-corrected chi connectivity index (χ1v) is 5.68. The van der Waals surface area contributed by atoms with Crippen LogP contribution in [0.1, 0.15) is 33.1 Å². The van der Waals surface area contributed by atoms with E-state index in [0.717, 1.165) is 5.57 Å². The molecule has 3 nitrogen and oxygen atoms in total. The van der Waals surface area contributed by atoms with E-state index in [9.17, 15) is 22.8 Å². The molecule has 102 valence electrons. The molecule has 1 atom stereocenters. The van der Waals surface area contributed by atoms with Gasteiger partial charge in [-0.2, -0.15) is 13.2 Å². The van der Waals surface area contributed by atoms with Gasteiger partial charge in [-0.25, -0.2) is 0 Å². The Hall–Kier alpha value is -1.33. The van der Waals surface area contributed by atoms with E-state index in [1.807, 2.05) is 0 Å². The van der Waals surface area contributed by atoms with Crippen molar-refractivity contribution in [2.75, 3.05) is 6.61 Å². The van der Waals surface area contributed by atoms with Gasteiger partial charge < -0.3 is 4.74 Å². The largest absolute Gasteiger partial charge is 0.465 e. The van der Waals surface area contributed by atoms with Gasteiger partial charge in [0.05, 0.1) is 6.61 Å². The molecule has 0 aromatic carbocycles. The average molecular weight is 264 g/mol. The van der Waals surface area contributed by atoms with Crippen LogP contribution in [0.4, 0.5) is 13.2 Å². The number of esters is 1. The Morgan fingerprint density at radius 1 is 1.44 bits per heavy atom. The quantitative estimate of drug-likeness (QED) is 0.447. The van der Waals surface area contributed by atoms with E-state index >= 15 is 0 Å². The van der Waals surface area contributed by atoms with E-state index in [4.69, 9.17) is 0 Å². The molecule has 0 bridgehead atoms. The van der Waals surface area contributed by atoms with E-state index in [1.54, 1.807) is 6.92 Å². The van der Waals surface area contributed by atoms with Crippen molar-refractivity contribution in [2.45, 2.75) is 39.3 Å². The summed E-state index contributed by atoms with van der Waals surface area (Å²) in [5, 5.41) is 0. The number of Topliss-reactive ketones (excluding diaryl/α,β-unsaturated/α-hetero) is 1. The molecule has 0 amide bonds. The lowest BCUT2D eigenvalue weighted by Gasteiger charge is -2.32. The highest BCUT2D eigenvalue weighted by Crippen LogP contribution is 2.42. The number of alkyl halides is 3. The number of rotatable bonds is 3. The number of carbonyl (C=O) groups excluding carboxylic acids is 2. The monoisotopic (exact) mass is 264 g/mol. The molecule has 1 unspecified atom stereocenters. The number of halogens is 3. The Kier molecular flexibility index (Phi) is 4.19. The zero-order valence-corrected chi connectivity index (χ0v) is 10.3. The van der Waals surface area contributed by atoms with Gasteiger partial charge in [0.1, 0.15) is 5.41 Å². The predicted molar refractivity (Wildman–Crippen MR) is 57.7 cm³/mol. The minimum Gasteiger partial charge on any atom is -0.465 e. The number of ether oxygens (including phenoxy) is 1. The summed E-state index contributed by atoms with van der Waals surface area (Å²) >= 11 is 0. The van der Waals surface area contributed by atoms with Crippen molar-refractivity contribution in [2.24, 2.45) is 5.41 Å². The van der Waals surface area contributed by atoms with Crippen LogP contribution in [-0.4, -0.2) is 24.5 Å². The second kappa shape index (κ2) is 5.12. The summed E-state index contributed by atoms with van der Waals surface area (Å²) in [6.07, 6.45) is -3.61. The molecule has 0 radical (unpaired) electrons. The number of hydrogen-bond donors (Lipinski definition) is 0. The molecule has 0 aromatic heterocycles. The molecule has 0 aliphatic heterocycles. The van der Waals surface area contributed by atoms with Crippen LogP contribution in [0.25, 0.3) is 0 Å². The predicted octanol–water partition coefficient (Wildman–Crippen LogP) is 2.80. The average Bonchev–Trinajstić information content (AvgIpc) is 2.28. The van der Waals surface area contributed by atoms with Crippen molar-refractivity contribution < 1.29 is 27.5 Å². The Morgan fingerprint density at radius 2 is 2.06 bits per heavy atom. The topological polar surface area (TPSA) is 43.4 Å². The lowest BCUT2D eigenvalue weighted by molar-refractivity contribution is -0.190. The summed E-state index contributed by atoms with van der Waals surface area (Å²) < 4.78 is 42.4. The molecule has 0 N–H and O–H groups in total. The fourth-order valence-electron chi connectivity index (χ4n) is 1.99. The van der Waals surface area contributed by atoms with Crippen LogP contribution >= 0.6 is 0 Å². The van der Waals surface area contributed by atoms with Crippen molar-refractivity contribution in [1.29, 1.82) is 0 Å². The summed E-state index contributed by atoms with van der Waals surface area (Å²) in [5.74, 6) is -3.08. The van der Waals surface area contributed by atoms with Crippen LogP contribution in [0.15, 0.2) is 11.6 Å². The van der Waals surface area contributed by atoms with Crippen LogP contribution < -0.4 is 0 Å². The van der Waals surface area contributed by atoms with Gasteiger partial charge in [0, 0.05) is 0 Å².